The molecular formula is C36H71N7. The molecule has 4 unspecified atom stereocenters. The fourth-order valence-electron chi connectivity index (χ4n) is 7.36. The summed E-state index contributed by atoms with van der Waals surface area (Å²) in [5, 5.41) is 10.9. The number of unbranched alkanes of at least 4 members (excludes halogenated alkanes) is 18. The highest BCUT2D eigenvalue weighted by atomic mass is 15.3. The van der Waals surface area contributed by atoms with Gasteiger partial charge in [-0.05, 0) is 80.7 Å². The molecule has 0 amide bonds. The molecular weight excluding hydrogens is 530 g/mol. The number of nitrogens with two attached hydrogens (primary N) is 2. The summed E-state index contributed by atoms with van der Waals surface area (Å²) in [5.74, 6) is 8.37. The van der Waals surface area contributed by atoms with Gasteiger partial charge in [0.15, 0.2) is 0 Å². The summed E-state index contributed by atoms with van der Waals surface area (Å²) >= 11 is 0. The quantitative estimate of drug-likeness (QED) is 0.0156. The minimum absolute atomic E-state index is 0.651. The van der Waals surface area contributed by atoms with E-state index in [4.69, 9.17) is 17.1 Å². The van der Waals surface area contributed by atoms with Gasteiger partial charge >= 0.3 is 0 Å². The van der Waals surface area contributed by atoms with Crippen LogP contribution in [0.5, 0.6) is 0 Å². The van der Waals surface area contributed by atoms with E-state index in [9.17, 15) is 0 Å². The molecule has 43 heavy (non-hydrogen) atoms. The van der Waals surface area contributed by atoms with Crippen molar-refractivity contribution in [1.82, 2.24) is 0 Å². The first-order valence-electron chi connectivity index (χ1n) is 18.7. The first kappa shape index (κ1) is 39.4. The van der Waals surface area contributed by atoms with Gasteiger partial charge in [0.05, 0.1) is 6.54 Å². The van der Waals surface area contributed by atoms with Crippen LogP contribution in [0.4, 0.5) is 0 Å². The molecule has 0 aromatic rings. The van der Waals surface area contributed by atoms with Gasteiger partial charge in [-0.25, -0.2) is 0 Å². The zero-order valence-electron chi connectivity index (χ0n) is 28.4. The van der Waals surface area contributed by atoms with Crippen LogP contribution in [0.2, 0.25) is 0 Å². The lowest BCUT2D eigenvalue weighted by atomic mass is 9.64. The molecule has 0 aliphatic heterocycles. The maximum Gasteiger partial charge on any atom is 0.0620 e. The standard InChI is InChI=1S/C36H71N7/c1-2-3-4-19-26-35-34(25-18-13-16-23-32-41-43-39)29-28-33(24-17-11-8-9-14-21-30-37)36(35)27-20-12-7-5-6-10-15-22-31-40-42-38/h28-29,33-36H,2-27,30-32,37H2,1H3,(H2,38,40). The van der Waals surface area contributed by atoms with E-state index in [0.717, 1.165) is 49.6 Å². The largest absolute Gasteiger partial charge is 0.330 e. The van der Waals surface area contributed by atoms with Crippen molar-refractivity contribution in [3.8, 4) is 0 Å². The molecule has 1 aliphatic rings. The second kappa shape index (κ2) is 30.4. The van der Waals surface area contributed by atoms with Gasteiger partial charge in [-0.15, -0.1) is 0 Å². The highest BCUT2D eigenvalue weighted by Gasteiger charge is 2.34. The number of nitrogens with zero attached hydrogens (tertiary/aromatic N) is 5. The Morgan fingerprint density at radius 2 is 0.977 bits per heavy atom. The Morgan fingerprint density at radius 3 is 1.44 bits per heavy atom. The Labute approximate surface area is 266 Å². The molecule has 4 atom stereocenters. The Morgan fingerprint density at radius 1 is 0.558 bits per heavy atom. The maximum atomic E-state index is 8.53. The molecule has 0 aromatic heterocycles. The third kappa shape index (κ3) is 21.7. The van der Waals surface area contributed by atoms with Crippen LogP contribution in [0.15, 0.2) is 27.6 Å². The zero-order chi connectivity index (χ0) is 31.1. The molecule has 1 aliphatic carbocycles. The summed E-state index contributed by atoms with van der Waals surface area (Å²) in [6, 6.07) is 0. The van der Waals surface area contributed by atoms with Crippen LogP contribution < -0.4 is 11.6 Å². The summed E-state index contributed by atoms with van der Waals surface area (Å²) in [7, 11) is 0. The topological polar surface area (TPSA) is 126 Å². The van der Waals surface area contributed by atoms with Crippen LogP contribution in [-0.2, 0) is 0 Å². The van der Waals surface area contributed by atoms with Crippen LogP contribution in [0.3, 0.4) is 0 Å². The fraction of sp³-hybridized carbons (Fsp3) is 0.944. The lowest BCUT2D eigenvalue weighted by molar-refractivity contribution is 0.145. The summed E-state index contributed by atoms with van der Waals surface area (Å²) < 4.78 is 0. The molecule has 1 rings (SSSR count). The second-order valence-electron chi connectivity index (χ2n) is 13.3. The number of hydrogen-bond acceptors (Lipinski definition) is 4. The minimum atomic E-state index is 0.651. The zero-order valence-corrected chi connectivity index (χ0v) is 28.4. The first-order chi connectivity index (χ1) is 21.3. The molecule has 0 heterocycles. The van der Waals surface area contributed by atoms with E-state index in [1.54, 1.807) is 0 Å². The van der Waals surface area contributed by atoms with Gasteiger partial charge in [0.2, 0.25) is 0 Å². The second-order valence-corrected chi connectivity index (χ2v) is 13.3. The fourth-order valence-corrected chi connectivity index (χ4v) is 7.36. The van der Waals surface area contributed by atoms with Gasteiger partial charge in [-0.2, -0.15) is 5.11 Å². The van der Waals surface area contributed by atoms with E-state index in [0.29, 0.717) is 6.54 Å². The highest BCUT2D eigenvalue weighted by molar-refractivity contribution is 5.05. The Kier molecular flexibility index (Phi) is 27.9. The van der Waals surface area contributed by atoms with E-state index in [-0.39, 0.29) is 0 Å². The van der Waals surface area contributed by atoms with Crippen LogP contribution in [0.1, 0.15) is 174 Å². The lowest BCUT2D eigenvalue weighted by Gasteiger charge is -2.41. The molecule has 0 radical (unpaired) electrons. The summed E-state index contributed by atoms with van der Waals surface area (Å²) in [5.41, 5.74) is 14.2. The molecule has 0 aromatic carbocycles. The summed E-state index contributed by atoms with van der Waals surface area (Å²) in [6.45, 7) is 4.60. The van der Waals surface area contributed by atoms with Crippen LogP contribution in [0, 0.1) is 23.7 Å². The van der Waals surface area contributed by atoms with Crippen molar-refractivity contribution in [2.45, 2.75) is 174 Å². The van der Waals surface area contributed by atoms with E-state index in [1.165, 1.54) is 154 Å². The Bertz CT molecular complexity index is 704. The van der Waals surface area contributed by atoms with Crippen molar-refractivity contribution in [2.24, 2.45) is 50.7 Å². The van der Waals surface area contributed by atoms with Crippen molar-refractivity contribution in [1.29, 1.82) is 0 Å². The van der Waals surface area contributed by atoms with Crippen molar-refractivity contribution in [3.63, 3.8) is 0 Å². The van der Waals surface area contributed by atoms with Crippen LogP contribution >= 0.6 is 0 Å². The first-order valence-corrected chi connectivity index (χ1v) is 18.7. The Balaban J connectivity index is 2.67. The lowest BCUT2D eigenvalue weighted by Crippen LogP contribution is -2.32. The molecule has 0 spiro atoms. The summed E-state index contributed by atoms with van der Waals surface area (Å²) in [4.78, 5) is 2.90. The van der Waals surface area contributed by atoms with Gasteiger partial charge in [0.1, 0.15) is 0 Å². The van der Waals surface area contributed by atoms with E-state index < -0.39 is 0 Å². The third-order valence-electron chi connectivity index (χ3n) is 9.87. The molecule has 250 valence electrons. The summed E-state index contributed by atoms with van der Waals surface area (Å²) in [6.07, 6.45) is 39.8. The molecule has 0 bridgehead atoms. The molecule has 0 saturated carbocycles. The van der Waals surface area contributed by atoms with E-state index in [2.05, 4.69) is 39.4 Å². The average molecular weight is 602 g/mol. The van der Waals surface area contributed by atoms with Gasteiger partial charge in [-0.1, -0.05) is 151 Å². The maximum absolute atomic E-state index is 8.53. The van der Waals surface area contributed by atoms with E-state index >= 15 is 0 Å². The number of azide groups is 1. The highest BCUT2D eigenvalue weighted by Crippen LogP contribution is 2.44. The van der Waals surface area contributed by atoms with E-state index in [1.807, 2.05) is 0 Å². The molecule has 4 N–H and O–H groups in total. The molecule has 0 fully saturated rings. The van der Waals surface area contributed by atoms with Crippen molar-refractivity contribution in [3.05, 3.63) is 22.6 Å². The monoisotopic (exact) mass is 602 g/mol. The van der Waals surface area contributed by atoms with Gasteiger partial charge < -0.3 is 11.6 Å². The molecule has 7 heteroatoms. The average Bonchev–Trinajstić information content (AvgIpc) is 3.02. The predicted octanol–water partition coefficient (Wildman–Crippen LogP) is 11.8. The number of allylic oxidation sites excluding steroid dienone is 2. The molecule has 7 nitrogen and oxygen atoms in total. The van der Waals surface area contributed by atoms with Crippen LogP contribution in [-0.4, -0.2) is 19.6 Å². The van der Waals surface area contributed by atoms with Gasteiger partial charge in [-0.3, -0.25) is 0 Å². The normalized spacial score (nSPS) is 20.1. The number of rotatable bonds is 31. The molecule has 0 saturated heterocycles. The SMILES string of the molecule is CCCCCCC1C(CCCCCCN=[N+]=[N-])C=CC(CCCCCCCCN)C1CCCCCCCCCCN=NN. The predicted molar refractivity (Wildman–Crippen MR) is 186 cm³/mol. The smallest absolute Gasteiger partial charge is 0.0620 e. The van der Waals surface area contributed by atoms with Crippen molar-refractivity contribution in [2.75, 3.05) is 19.6 Å². The van der Waals surface area contributed by atoms with Crippen LogP contribution in [0.25, 0.3) is 10.4 Å². The third-order valence-corrected chi connectivity index (χ3v) is 9.87. The Hall–Kier alpha value is -1.59. The van der Waals surface area contributed by atoms with Crippen molar-refractivity contribution >= 4 is 0 Å². The van der Waals surface area contributed by atoms with Crippen molar-refractivity contribution < 1.29 is 0 Å². The number of hydrogen-bond donors (Lipinski definition) is 2. The van der Waals surface area contributed by atoms with Gasteiger partial charge in [0, 0.05) is 11.5 Å². The minimum Gasteiger partial charge on any atom is -0.330 e. The van der Waals surface area contributed by atoms with Gasteiger partial charge in [0.25, 0.3) is 0 Å².